The lowest BCUT2D eigenvalue weighted by Crippen LogP contribution is -1.72. The molecule has 0 aliphatic heterocycles. The van der Waals surface area contributed by atoms with Crippen molar-refractivity contribution in [3.05, 3.63) is 0 Å². The third kappa shape index (κ3) is 23.1. The third-order valence-electron chi connectivity index (χ3n) is 2.28. The van der Waals surface area contributed by atoms with Gasteiger partial charge in [0, 0.05) is 12.8 Å². The Kier molecular flexibility index (Phi) is 21.2. The number of unbranched alkanes of at least 4 members (excludes halogenated alkanes) is 8. The van der Waals surface area contributed by atoms with Crippen LogP contribution in [0.25, 0.3) is 0 Å². The Bertz CT molecular complexity index is 164. The van der Waals surface area contributed by atoms with Gasteiger partial charge in [-0.3, -0.25) is 0 Å². The first-order valence-electron chi connectivity index (χ1n) is 6.57. The van der Waals surface area contributed by atoms with E-state index in [0.29, 0.717) is 0 Å². The Morgan fingerprint density at radius 3 is 1.25 bits per heavy atom. The molecule has 0 fully saturated rings. The van der Waals surface area contributed by atoms with Crippen molar-refractivity contribution < 1.29 is 0 Å². The van der Waals surface area contributed by atoms with Crippen molar-refractivity contribution in [3.63, 3.8) is 0 Å². The molecule has 0 aromatic carbocycles. The van der Waals surface area contributed by atoms with Gasteiger partial charge in [-0.15, -0.1) is 0 Å². The number of nitrogens with zero attached hydrogens (tertiary/aromatic N) is 2. The predicted molar refractivity (Wildman–Crippen MR) is 68.7 cm³/mol. The molecule has 0 atom stereocenters. The van der Waals surface area contributed by atoms with Gasteiger partial charge in [0.05, 0.1) is 12.1 Å². The number of hydrogen-bond donors (Lipinski definition) is 0. The second-order valence-electron chi connectivity index (χ2n) is 3.94. The second kappa shape index (κ2) is 19.5. The van der Waals surface area contributed by atoms with Crippen molar-refractivity contribution >= 4 is 0 Å². The summed E-state index contributed by atoms with van der Waals surface area (Å²) in [6, 6.07) is 4.25. The molecule has 92 valence electrons. The van der Waals surface area contributed by atoms with Crippen molar-refractivity contribution in [2.45, 2.75) is 78.1 Å². The fraction of sp³-hybridized carbons (Fsp3) is 0.857. The molecule has 0 unspecified atom stereocenters. The smallest absolute Gasteiger partial charge is 0.0621 e. The van der Waals surface area contributed by atoms with E-state index in [2.05, 4.69) is 26.0 Å². The van der Waals surface area contributed by atoms with Crippen LogP contribution in [0.1, 0.15) is 78.1 Å². The third-order valence-corrected chi connectivity index (χ3v) is 2.28. The first-order valence-corrected chi connectivity index (χ1v) is 6.57. The van der Waals surface area contributed by atoms with Gasteiger partial charge < -0.3 is 0 Å². The number of nitriles is 2. The molecule has 0 saturated carbocycles. The van der Waals surface area contributed by atoms with E-state index < -0.39 is 0 Å². The van der Waals surface area contributed by atoms with Gasteiger partial charge in [0.2, 0.25) is 0 Å². The van der Waals surface area contributed by atoms with E-state index in [-0.39, 0.29) is 0 Å². The monoisotopic (exact) mass is 222 g/mol. The van der Waals surface area contributed by atoms with Gasteiger partial charge >= 0.3 is 0 Å². The molecule has 0 rings (SSSR count). The zero-order valence-electron chi connectivity index (χ0n) is 11.0. The molecular weight excluding hydrogens is 196 g/mol. The van der Waals surface area contributed by atoms with Crippen LogP contribution in [0.2, 0.25) is 0 Å². The minimum absolute atomic E-state index is 0.736. The maximum atomic E-state index is 8.12. The summed E-state index contributed by atoms with van der Waals surface area (Å²) in [5.41, 5.74) is 0. The second-order valence-corrected chi connectivity index (χ2v) is 3.94. The minimum Gasteiger partial charge on any atom is -0.198 e. The molecule has 16 heavy (non-hydrogen) atoms. The van der Waals surface area contributed by atoms with E-state index in [1.807, 2.05) is 0 Å². The molecule has 0 amide bonds. The van der Waals surface area contributed by atoms with Crippen molar-refractivity contribution in [2.75, 3.05) is 0 Å². The minimum atomic E-state index is 0.736. The van der Waals surface area contributed by atoms with E-state index in [0.717, 1.165) is 25.7 Å². The van der Waals surface area contributed by atoms with E-state index in [1.54, 1.807) is 0 Å². The van der Waals surface area contributed by atoms with Crippen LogP contribution in [-0.2, 0) is 0 Å². The topological polar surface area (TPSA) is 47.6 Å². The standard InChI is InChI=1S/2C7H13N/c2*1-2-3-4-5-6-7-8/h2*2-6H2,1H3. The Morgan fingerprint density at radius 2 is 1.00 bits per heavy atom. The highest BCUT2D eigenvalue weighted by atomic mass is 14.2. The molecule has 0 aromatic heterocycles. The lowest BCUT2D eigenvalue weighted by Gasteiger charge is -1.89. The van der Waals surface area contributed by atoms with Gasteiger partial charge in [-0.25, -0.2) is 0 Å². The predicted octanol–water partition coefficient (Wildman–Crippen LogP) is 4.96. The van der Waals surface area contributed by atoms with E-state index in [9.17, 15) is 0 Å². The molecule has 0 aliphatic rings. The van der Waals surface area contributed by atoms with Crippen LogP contribution in [0.3, 0.4) is 0 Å². The summed E-state index contributed by atoms with van der Waals surface area (Å²) in [6.45, 7) is 4.35. The van der Waals surface area contributed by atoms with Gasteiger partial charge in [0.25, 0.3) is 0 Å². The van der Waals surface area contributed by atoms with Crippen LogP contribution < -0.4 is 0 Å². The molecule has 0 bridgehead atoms. The summed E-state index contributed by atoms with van der Waals surface area (Å²) in [7, 11) is 0. The van der Waals surface area contributed by atoms with Crippen LogP contribution in [-0.4, -0.2) is 0 Å². The summed E-state index contributed by atoms with van der Waals surface area (Å²) in [5, 5.41) is 16.2. The Morgan fingerprint density at radius 1 is 0.625 bits per heavy atom. The zero-order valence-corrected chi connectivity index (χ0v) is 11.0. The van der Waals surface area contributed by atoms with Crippen LogP contribution in [0.4, 0.5) is 0 Å². The summed E-state index contributed by atoms with van der Waals surface area (Å²) in [4.78, 5) is 0. The summed E-state index contributed by atoms with van der Waals surface area (Å²) >= 11 is 0. The molecule has 0 aliphatic carbocycles. The first kappa shape index (κ1) is 17.4. The fourth-order valence-corrected chi connectivity index (χ4v) is 1.26. The van der Waals surface area contributed by atoms with Gasteiger partial charge in [-0.1, -0.05) is 52.4 Å². The lowest BCUT2D eigenvalue weighted by atomic mass is 10.2. The van der Waals surface area contributed by atoms with Crippen LogP contribution in [0.15, 0.2) is 0 Å². The van der Waals surface area contributed by atoms with E-state index in [4.69, 9.17) is 10.5 Å². The molecular formula is C14H26N2. The molecule has 2 heteroatoms. The first-order chi connectivity index (χ1) is 7.83. The highest BCUT2D eigenvalue weighted by Gasteiger charge is 1.83. The van der Waals surface area contributed by atoms with Gasteiger partial charge in [-0.2, -0.15) is 10.5 Å². The quantitative estimate of drug-likeness (QED) is 0.545. The van der Waals surface area contributed by atoms with Crippen molar-refractivity contribution in [1.82, 2.24) is 0 Å². The Hall–Kier alpha value is -1.02. The average molecular weight is 222 g/mol. The Balaban J connectivity index is 0. The van der Waals surface area contributed by atoms with Crippen molar-refractivity contribution in [2.24, 2.45) is 0 Å². The van der Waals surface area contributed by atoms with Gasteiger partial charge in [0.1, 0.15) is 0 Å². The van der Waals surface area contributed by atoms with Gasteiger partial charge in [-0.05, 0) is 12.8 Å². The maximum Gasteiger partial charge on any atom is 0.0621 e. The maximum absolute atomic E-state index is 8.12. The summed E-state index contributed by atoms with van der Waals surface area (Å²) in [5.74, 6) is 0. The molecule has 2 nitrogen and oxygen atoms in total. The highest BCUT2D eigenvalue weighted by Crippen LogP contribution is 2.00. The van der Waals surface area contributed by atoms with Crippen LogP contribution in [0.5, 0.6) is 0 Å². The van der Waals surface area contributed by atoms with Crippen LogP contribution in [0, 0.1) is 22.7 Å². The SMILES string of the molecule is CCCCCCC#N.CCCCCCC#N. The van der Waals surface area contributed by atoms with Crippen molar-refractivity contribution in [3.8, 4) is 12.1 Å². The van der Waals surface area contributed by atoms with Crippen LogP contribution >= 0.6 is 0 Å². The molecule has 0 aromatic rings. The van der Waals surface area contributed by atoms with Crippen molar-refractivity contribution in [1.29, 1.82) is 10.5 Å². The van der Waals surface area contributed by atoms with Gasteiger partial charge in [0.15, 0.2) is 0 Å². The lowest BCUT2D eigenvalue weighted by molar-refractivity contribution is 0.678. The van der Waals surface area contributed by atoms with E-state index in [1.165, 1.54) is 38.5 Å². The molecule has 0 heterocycles. The molecule has 0 radical (unpaired) electrons. The fourth-order valence-electron chi connectivity index (χ4n) is 1.26. The highest BCUT2D eigenvalue weighted by molar-refractivity contribution is 4.67. The largest absolute Gasteiger partial charge is 0.198 e. The summed E-state index contributed by atoms with van der Waals surface area (Å²) in [6.07, 6.45) is 11.2. The molecule has 0 N–H and O–H groups in total. The molecule has 0 saturated heterocycles. The average Bonchev–Trinajstić information content (AvgIpc) is 2.31. The summed E-state index contributed by atoms with van der Waals surface area (Å²) < 4.78 is 0. The normalized spacial score (nSPS) is 8.50. The molecule has 0 spiro atoms. The number of rotatable bonds is 8. The zero-order chi connectivity index (χ0) is 12.5. The Labute approximate surface area is 101 Å². The number of hydrogen-bond acceptors (Lipinski definition) is 2. The van der Waals surface area contributed by atoms with E-state index >= 15 is 0 Å².